The van der Waals surface area contributed by atoms with E-state index in [1.807, 2.05) is 0 Å². The molecular weight excluding hydrogens is 389 g/mol. The van der Waals surface area contributed by atoms with Crippen molar-refractivity contribution >= 4 is 11.7 Å². The van der Waals surface area contributed by atoms with Crippen molar-refractivity contribution in [2.75, 3.05) is 14.2 Å². The topological polar surface area (TPSA) is 69.2 Å². The minimum absolute atomic E-state index is 0.125. The van der Waals surface area contributed by atoms with Gasteiger partial charge in [-0.2, -0.15) is 18.7 Å². The molecular formula is C20H19F3N2O4. The fourth-order valence-corrected chi connectivity index (χ4v) is 3.37. The van der Waals surface area contributed by atoms with Crippen LogP contribution in [-0.2, 0) is 31.0 Å². The number of halogens is 3. The molecule has 1 saturated heterocycles. The summed E-state index contributed by atoms with van der Waals surface area (Å²) < 4.78 is 44.6. The number of carbonyl (C=O) groups excluding carboxylic acids is 1. The Hall–Kier alpha value is -2.91. The van der Waals surface area contributed by atoms with Crippen molar-refractivity contribution in [2.24, 2.45) is 5.16 Å². The third kappa shape index (κ3) is 3.58. The number of hydrogen-bond acceptors (Lipinski definition) is 6. The molecule has 0 spiro atoms. The number of methoxy groups -OCH3 is 1. The number of ether oxygens (including phenoxy) is 1. The van der Waals surface area contributed by atoms with E-state index in [0.717, 1.165) is 12.1 Å². The number of carbonyl (C=O) groups is 1. The second-order valence-electron chi connectivity index (χ2n) is 6.42. The van der Waals surface area contributed by atoms with Crippen LogP contribution in [0.2, 0.25) is 0 Å². The highest BCUT2D eigenvalue weighted by atomic mass is 19.4. The van der Waals surface area contributed by atoms with Gasteiger partial charge in [-0.3, -0.25) is 4.84 Å². The van der Waals surface area contributed by atoms with Crippen LogP contribution in [0.3, 0.4) is 0 Å². The summed E-state index contributed by atoms with van der Waals surface area (Å²) in [6.45, 7) is 1.77. The van der Waals surface area contributed by atoms with Gasteiger partial charge in [-0.1, -0.05) is 41.6 Å². The summed E-state index contributed by atoms with van der Waals surface area (Å²) in [5.41, 5.74) is 1.59. The smallest absolute Gasteiger partial charge is 0.416 e. The van der Waals surface area contributed by atoms with Gasteiger partial charge in [-0.05, 0) is 24.6 Å². The van der Waals surface area contributed by atoms with Crippen molar-refractivity contribution in [1.82, 2.24) is 5.48 Å². The van der Waals surface area contributed by atoms with Crippen LogP contribution in [0.1, 0.15) is 29.2 Å². The maximum atomic E-state index is 13.3. The van der Waals surface area contributed by atoms with E-state index in [1.165, 1.54) is 20.3 Å². The molecule has 2 unspecified atom stereocenters. The molecule has 0 amide bonds. The molecule has 0 aromatic heterocycles. The van der Waals surface area contributed by atoms with Gasteiger partial charge < -0.3 is 9.57 Å². The van der Waals surface area contributed by atoms with Gasteiger partial charge in [0.15, 0.2) is 11.3 Å². The Bertz CT molecular complexity index is 945. The highest BCUT2D eigenvalue weighted by Crippen LogP contribution is 2.45. The highest BCUT2D eigenvalue weighted by molar-refractivity contribution is 6.43. The predicted molar refractivity (Wildman–Crippen MR) is 97.9 cm³/mol. The Morgan fingerprint density at radius 1 is 1.17 bits per heavy atom. The Labute approximate surface area is 165 Å². The Balaban J connectivity index is 2.23. The largest absolute Gasteiger partial charge is 0.464 e. The maximum Gasteiger partial charge on any atom is 0.416 e. The quantitative estimate of drug-likeness (QED) is 0.467. The molecule has 1 N–H and O–H groups in total. The Morgan fingerprint density at radius 3 is 2.45 bits per heavy atom. The Morgan fingerprint density at radius 2 is 1.90 bits per heavy atom. The van der Waals surface area contributed by atoms with E-state index in [4.69, 9.17) is 14.4 Å². The zero-order chi connectivity index (χ0) is 21.2. The zero-order valence-corrected chi connectivity index (χ0v) is 15.9. The van der Waals surface area contributed by atoms with Gasteiger partial charge in [-0.25, -0.2) is 4.79 Å². The van der Waals surface area contributed by atoms with E-state index < -0.39 is 29.4 Å². The number of oxime groups is 1. The van der Waals surface area contributed by atoms with E-state index >= 15 is 0 Å². The maximum absolute atomic E-state index is 13.3. The SMILES string of the molecule is CO/N=C(/C(=O)OC)c1ccccc1C1(c2cccc(C(F)(F)F)c2)ONC1C. The van der Waals surface area contributed by atoms with Crippen molar-refractivity contribution < 1.29 is 32.4 Å². The molecule has 1 fully saturated rings. The number of nitrogens with one attached hydrogen (secondary N) is 1. The zero-order valence-electron chi connectivity index (χ0n) is 15.9. The lowest BCUT2D eigenvalue weighted by Crippen LogP contribution is -2.63. The fraction of sp³-hybridized carbons (Fsp3) is 0.300. The number of hydroxylamine groups is 1. The standard InChI is InChI=1S/C20H19F3N2O4/c1-12-19(29-24-12,13-7-6-8-14(11-13)20(21,22)23)16-10-5-4-9-15(16)17(25-28-3)18(26)27-2/h4-12,24H,1-3H3/b25-17+. The van der Waals surface area contributed by atoms with Gasteiger partial charge in [0.2, 0.25) is 0 Å². The van der Waals surface area contributed by atoms with Crippen LogP contribution in [0.15, 0.2) is 53.7 Å². The van der Waals surface area contributed by atoms with Gasteiger partial charge in [0.05, 0.1) is 18.7 Å². The Kier molecular flexibility index (Phi) is 5.63. The molecule has 154 valence electrons. The van der Waals surface area contributed by atoms with Crippen molar-refractivity contribution in [2.45, 2.75) is 24.7 Å². The molecule has 1 heterocycles. The van der Waals surface area contributed by atoms with Crippen LogP contribution in [0.5, 0.6) is 0 Å². The number of alkyl halides is 3. The summed E-state index contributed by atoms with van der Waals surface area (Å²) in [7, 11) is 2.47. The van der Waals surface area contributed by atoms with Crippen LogP contribution < -0.4 is 5.48 Å². The second kappa shape index (κ2) is 7.84. The second-order valence-corrected chi connectivity index (χ2v) is 6.42. The van der Waals surface area contributed by atoms with E-state index in [-0.39, 0.29) is 11.3 Å². The first-order valence-electron chi connectivity index (χ1n) is 8.66. The van der Waals surface area contributed by atoms with Crippen molar-refractivity contribution in [3.8, 4) is 0 Å². The lowest BCUT2D eigenvalue weighted by molar-refractivity contribution is -0.225. The lowest BCUT2D eigenvalue weighted by Gasteiger charge is -2.49. The van der Waals surface area contributed by atoms with E-state index in [0.29, 0.717) is 11.1 Å². The average molecular weight is 408 g/mol. The molecule has 9 heteroatoms. The summed E-state index contributed by atoms with van der Waals surface area (Å²) in [6.07, 6.45) is -4.51. The highest BCUT2D eigenvalue weighted by Gasteiger charge is 2.52. The minimum atomic E-state index is -4.51. The molecule has 0 radical (unpaired) electrons. The molecule has 3 rings (SSSR count). The van der Waals surface area contributed by atoms with Crippen molar-refractivity contribution in [1.29, 1.82) is 0 Å². The third-order valence-corrected chi connectivity index (χ3v) is 4.77. The molecule has 2 aromatic carbocycles. The number of benzene rings is 2. The first kappa shape index (κ1) is 20.8. The average Bonchev–Trinajstić information content (AvgIpc) is 2.71. The molecule has 1 aliphatic heterocycles. The summed E-state index contributed by atoms with van der Waals surface area (Å²) in [5, 5.41) is 3.76. The summed E-state index contributed by atoms with van der Waals surface area (Å²) in [4.78, 5) is 22.7. The first-order chi connectivity index (χ1) is 13.8. The van der Waals surface area contributed by atoms with E-state index in [1.54, 1.807) is 37.3 Å². The molecule has 1 aliphatic rings. The normalized spacial score (nSPS) is 22.0. The predicted octanol–water partition coefficient (Wildman–Crippen LogP) is 3.40. The van der Waals surface area contributed by atoms with Crippen molar-refractivity contribution in [3.63, 3.8) is 0 Å². The number of nitrogens with zero attached hydrogens (tertiary/aromatic N) is 1. The number of rotatable bonds is 5. The molecule has 2 atom stereocenters. The van der Waals surface area contributed by atoms with Gasteiger partial charge >= 0.3 is 12.1 Å². The minimum Gasteiger partial charge on any atom is -0.464 e. The number of esters is 1. The summed E-state index contributed by atoms with van der Waals surface area (Å²) in [5.74, 6) is -0.751. The summed E-state index contributed by atoms with van der Waals surface area (Å²) in [6, 6.07) is 11.2. The van der Waals surface area contributed by atoms with Crippen LogP contribution in [0, 0.1) is 0 Å². The fourth-order valence-electron chi connectivity index (χ4n) is 3.37. The first-order valence-corrected chi connectivity index (χ1v) is 8.66. The third-order valence-electron chi connectivity index (χ3n) is 4.77. The number of hydrogen-bond donors (Lipinski definition) is 1. The molecule has 0 bridgehead atoms. The van der Waals surface area contributed by atoms with Crippen LogP contribution in [-0.4, -0.2) is 31.9 Å². The van der Waals surface area contributed by atoms with Gasteiger partial charge in [0.1, 0.15) is 7.11 Å². The van der Waals surface area contributed by atoms with E-state index in [9.17, 15) is 18.0 Å². The summed E-state index contributed by atoms with van der Waals surface area (Å²) >= 11 is 0. The van der Waals surface area contributed by atoms with Gasteiger partial charge in [0, 0.05) is 11.1 Å². The van der Waals surface area contributed by atoms with Gasteiger partial charge in [-0.15, -0.1) is 0 Å². The monoisotopic (exact) mass is 408 g/mol. The van der Waals surface area contributed by atoms with E-state index in [2.05, 4.69) is 10.6 Å². The molecule has 6 nitrogen and oxygen atoms in total. The molecule has 2 aromatic rings. The van der Waals surface area contributed by atoms with Gasteiger partial charge in [0.25, 0.3) is 0 Å². The molecule has 0 aliphatic carbocycles. The molecule has 0 saturated carbocycles. The van der Waals surface area contributed by atoms with Crippen LogP contribution in [0.4, 0.5) is 13.2 Å². The van der Waals surface area contributed by atoms with Crippen LogP contribution >= 0.6 is 0 Å². The van der Waals surface area contributed by atoms with Crippen molar-refractivity contribution in [3.05, 3.63) is 70.8 Å². The van der Waals surface area contributed by atoms with Crippen LogP contribution in [0.25, 0.3) is 0 Å². The molecule has 29 heavy (non-hydrogen) atoms. The lowest BCUT2D eigenvalue weighted by atomic mass is 9.76.